The highest BCUT2D eigenvalue weighted by Crippen LogP contribution is 2.47. The summed E-state index contributed by atoms with van der Waals surface area (Å²) < 4.78 is 114. The second-order valence-electron chi connectivity index (χ2n) is 4.64. The summed E-state index contributed by atoms with van der Waals surface area (Å²) in [4.78, 5) is 0. The molecule has 0 nitrogen and oxygen atoms in total. The normalized spacial score (nSPS) is 13.9. The van der Waals surface area contributed by atoms with E-state index in [9.17, 15) is 39.5 Å². The van der Waals surface area contributed by atoms with Crippen LogP contribution in [0, 0.1) is 0 Å². The molecule has 21 heavy (non-hydrogen) atoms. The maximum Gasteiger partial charge on any atom is 0.417 e. The van der Waals surface area contributed by atoms with Gasteiger partial charge in [0.25, 0.3) is 0 Å². The molecule has 1 aromatic carbocycles. The molecule has 0 atom stereocenters. The molecule has 0 aromatic heterocycles. The summed E-state index contributed by atoms with van der Waals surface area (Å²) in [6.07, 6.45) is -16.9. The summed E-state index contributed by atoms with van der Waals surface area (Å²) in [6, 6.07) is 0.228. The van der Waals surface area contributed by atoms with E-state index in [2.05, 4.69) is 0 Å². The lowest BCUT2D eigenvalue weighted by Gasteiger charge is -2.22. The summed E-state index contributed by atoms with van der Waals surface area (Å²) in [5.74, 6) is -0.797. The van der Waals surface area contributed by atoms with Gasteiger partial charge in [0.05, 0.1) is 16.7 Å². The predicted molar refractivity (Wildman–Crippen MR) is 55.5 cm³/mol. The number of hydrogen-bond acceptors (Lipinski definition) is 0. The van der Waals surface area contributed by atoms with E-state index in [1.807, 2.05) is 0 Å². The molecule has 1 aromatic rings. The predicted octanol–water partition coefficient (Wildman–Crippen LogP) is 5.87. The van der Waals surface area contributed by atoms with Gasteiger partial charge in [0.15, 0.2) is 0 Å². The molecule has 0 aliphatic rings. The standard InChI is InChI=1S/C12H9F9/c1-5(2)6-3-7(10(13,14)15)9(12(19,20)21)8(4-6)11(16,17)18/h3-5H,1-2H3. The molecule has 120 valence electrons. The zero-order chi connectivity index (χ0) is 16.8. The van der Waals surface area contributed by atoms with Crippen molar-refractivity contribution in [2.45, 2.75) is 38.3 Å². The van der Waals surface area contributed by atoms with Gasteiger partial charge in [-0.25, -0.2) is 0 Å². The largest absolute Gasteiger partial charge is 0.417 e. The minimum atomic E-state index is -5.77. The Morgan fingerprint density at radius 2 is 1.00 bits per heavy atom. The van der Waals surface area contributed by atoms with Crippen molar-refractivity contribution in [1.82, 2.24) is 0 Å². The maximum absolute atomic E-state index is 12.7. The summed E-state index contributed by atoms with van der Waals surface area (Å²) in [5.41, 5.74) is -7.82. The smallest absolute Gasteiger partial charge is 0.166 e. The number of rotatable bonds is 1. The van der Waals surface area contributed by atoms with E-state index >= 15 is 0 Å². The molecule has 0 saturated heterocycles. The molecule has 0 amide bonds. The van der Waals surface area contributed by atoms with E-state index in [1.165, 1.54) is 13.8 Å². The molecule has 0 heterocycles. The van der Waals surface area contributed by atoms with Crippen molar-refractivity contribution >= 4 is 0 Å². The van der Waals surface area contributed by atoms with E-state index in [-0.39, 0.29) is 12.1 Å². The quantitative estimate of drug-likeness (QED) is 0.567. The highest BCUT2D eigenvalue weighted by molar-refractivity contribution is 5.45. The Kier molecular flexibility index (Phi) is 4.28. The van der Waals surface area contributed by atoms with Gasteiger partial charge in [-0.3, -0.25) is 0 Å². The molecule has 0 spiro atoms. The first-order chi connectivity index (χ1) is 9.15. The minimum Gasteiger partial charge on any atom is -0.166 e. The van der Waals surface area contributed by atoms with Crippen molar-refractivity contribution in [2.75, 3.05) is 0 Å². The highest BCUT2D eigenvalue weighted by Gasteiger charge is 2.50. The Labute approximate surface area is 113 Å². The summed E-state index contributed by atoms with van der Waals surface area (Å²) in [7, 11) is 0. The van der Waals surface area contributed by atoms with Crippen LogP contribution in [0.5, 0.6) is 0 Å². The molecule has 0 bridgehead atoms. The number of hydrogen-bond donors (Lipinski definition) is 0. The van der Waals surface area contributed by atoms with Crippen molar-refractivity contribution in [3.05, 3.63) is 34.4 Å². The van der Waals surface area contributed by atoms with Crippen LogP contribution in [0.15, 0.2) is 12.1 Å². The van der Waals surface area contributed by atoms with E-state index in [4.69, 9.17) is 0 Å². The van der Waals surface area contributed by atoms with Crippen molar-refractivity contribution in [3.8, 4) is 0 Å². The lowest BCUT2D eigenvalue weighted by Crippen LogP contribution is -2.23. The second kappa shape index (κ2) is 5.10. The van der Waals surface area contributed by atoms with E-state index in [0.717, 1.165) is 0 Å². The Morgan fingerprint density at radius 1 is 0.667 bits per heavy atom. The fraction of sp³-hybridized carbons (Fsp3) is 0.500. The molecule has 9 heteroatoms. The van der Waals surface area contributed by atoms with E-state index in [0.29, 0.717) is 0 Å². The zero-order valence-electron chi connectivity index (χ0n) is 10.6. The van der Waals surface area contributed by atoms with E-state index in [1.54, 1.807) is 0 Å². The first kappa shape index (κ1) is 17.6. The van der Waals surface area contributed by atoms with Crippen molar-refractivity contribution in [1.29, 1.82) is 0 Å². The van der Waals surface area contributed by atoms with Gasteiger partial charge in [0, 0.05) is 0 Å². The number of halogens is 9. The molecule has 0 fully saturated rings. The zero-order valence-corrected chi connectivity index (χ0v) is 10.6. The van der Waals surface area contributed by atoms with Crippen LogP contribution in [0.1, 0.15) is 42.0 Å². The molecular formula is C12H9F9. The van der Waals surface area contributed by atoms with Gasteiger partial charge < -0.3 is 0 Å². The Bertz CT molecular complexity index is 482. The Balaban J connectivity index is 3.88. The molecular weight excluding hydrogens is 315 g/mol. The molecule has 0 aliphatic carbocycles. The third-order valence-corrected chi connectivity index (χ3v) is 2.72. The Hall–Kier alpha value is -1.41. The van der Waals surface area contributed by atoms with Crippen LogP contribution in [0.2, 0.25) is 0 Å². The van der Waals surface area contributed by atoms with Gasteiger partial charge in [0.2, 0.25) is 0 Å². The summed E-state index contributed by atoms with van der Waals surface area (Å²) in [6.45, 7) is 2.56. The van der Waals surface area contributed by atoms with Gasteiger partial charge in [-0.1, -0.05) is 13.8 Å². The van der Waals surface area contributed by atoms with Gasteiger partial charge in [-0.2, -0.15) is 39.5 Å². The Morgan fingerprint density at radius 3 is 1.19 bits per heavy atom. The average Bonchev–Trinajstić information content (AvgIpc) is 2.23. The summed E-state index contributed by atoms with van der Waals surface area (Å²) in [5, 5.41) is 0. The first-order valence-corrected chi connectivity index (χ1v) is 5.55. The van der Waals surface area contributed by atoms with Gasteiger partial charge in [-0.05, 0) is 23.6 Å². The number of benzene rings is 1. The molecule has 0 unspecified atom stereocenters. The topological polar surface area (TPSA) is 0 Å². The molecule has 1 rings (SSSR count). The second-order valence-corrected chi connectivity index (χ2v) is 4.64. The van der Waals surface area contributed by atoms with Crippen LogP contribution in [0.3, 0.4) is 0 Å². The first-order valence-electron chi connectivity index (χ1n) is 5.55. The fourth-order valence-electron chi connectivity index (χ4n) is 1.75. The van der Waals surface area contributed by atoms with Crippen molar-refractivity contribution in [2.24, 2.45) is 0 Å². The van der Waals surface area contributed by atoms with Gasteiger partial charge in [-0.15, -0.1) is 0 Å². The maximum atomic E-state index is 12.7. The third kappa shape index (κ3) is 3.82. The van der Waals surface area contributed by atoms with Crippen molar-refractivity contribution in [3.63, 3.8) is 0 Å². The van der Waals surface area contributed by atoms with Crippen LogP contribution in [-0.2, 0) is 18.5 Å². The van der Waals surface area contributed by atoms with Crippen molar-refractivity contribution < 1.29 is 39.5 Å². The van der Waals surface area contributed by atoms with Gasteiger partial charge in [0.1, 0.15) is 0 Å². The molecule has 0 radical (unpaired) electrons. The fourth-order valence-corrected chi connectivity index (χ4v) is 1.75. The summed E-state index contributed by atoms with van der Waals surface area (Å²) >= 11 is 0. The monoisotopic (exact) mass is 324 g/mol. The van der Waals surface area contributed by atoms with Crippen LogP contribution < -0.4 is 0 Å². The number of alkyl halides is 9. The van der Waals surface area contributed by atoms with Gasteiger partial charge >= 0.3 is 18.5 Å². The van der Waals surface area contributed by atoms with Crippen LogP contribution in [-0.4, -0.2) is 0 Å². The van der Waals surface area contributed by atoms with Crippen LogP contribution >= 0.6 is 0 Å². The minimum absolute atomic E-state index is 0.114. The SMILES string of the molecule is CC(C)c1cc(C(F)(F)F)c(C(F)(F)F)c(C(F)(F)F)c1. The lowest BCUT2D eigenvalue weighted by atomic mass is 9.91. The van der Waals surface area contributed by atoms with Crippen LogP contribution in [0.25, 0.3) is 0 Å². The van der Waals surface area contributed by atoms with E-state index < -0.39 is 46.7 Å². The van der Waals surface area contributed by atoms with Crippen LogP contribution in [0.4, 0.5) is 39.5 Å². The average molecular weight is 324 g/mol. The molecule has 0 N–H and O–H groups in total. The molecule has 0 saturated carbocycles. The lowest BCUT2D eigenvalue weighted by molar-refractivity contribution is -0.174. The molecule has 0 aliphatic heterocycles. The highest BCUT2D eigenvalue weighted by atomic mass is 19.4. The third-order valence-electron chi connectivity index (χ3n) is 2.72.